The molecule has 2 rings (SSSR count). The van der Waals surface area contributed by atoms with E-state index in [0.29, 0.717) is 6.04 Å². The Hall–Kier alpha value is -1.03. The number of aromatic nitrogens is 2. The van der Waals surface area contributed by atoms with Crippen molar-refractivity contribution in [3.63, 3.8) is 0 Å². The van der Waals surface area contributed by atoms with Gasteiger partial charge in [0.05, 0.1) is 17.9 Å². The lowest BCUT2D eigenvalue weighted by Crippen LogP contribution is -2.25. The SMILES string of the molecule is CC(C)CN1CC[C@@H](n2cc(N)cn2)C1. The van der Waals surface area contributed by atoms with Crippen molar-refractivity contribution in [2.24, 2.45) is 5.92 Å². The zero-order valence-electron chi connectivity index (χ0n) is 9.56. The highest BCUT2D eigenvalue weighted by Crippen LogP contribution is 2.22. The van der Waals surface area contributed by atoms with E-state index in [9.17, 15) is 0 Å². The molecule has 1 aromatic rings. The highest BCUT2D eigenvalue weighted by atomic mass is 15.3. The van der Waals surface area contributed by atoms with Gasteiger partial charge in [-0.3, -0.25) is 4.68 Å². The van der Waals surface area contributed by atoms with Gasteiger partial charge in [-0.15, -0.1) is 0 Å². The summed E-state index contributed by atoms with van der Waals surface area (Å²) in [4.78, 5) is 2.51. The Kier molecular flexibility index (Phi) is 2.95. The Labute approximate surface area is 91.1 Å². The number of nitrogen functional groups attached to an aromatic ring is 1. The third-order valence-corrected chi connectivity index (χ3v) is 2.87. The average Bonchev–Trinajstić information content (AvgIpc) is 2.72. The van der Waals surface area contributed by atoms with Crippen LogP contribution in [0.5, 0.6) is 0 Å². The number of likely N-dealkylation sites (tertiary alicyclic amines) is 1. The van der Waals surface area contributed by atoms with Crippen molar-refractivity contribution in [3.05, 3.63) is 12.4 Å². The second-order valence-electron chi connectivity index (χ2n) is 4.85. The predicted molar refractivity (Wildman–Crippen MR) is 61.6 cm³/mol. The zero-order chi connectivity index (χ0) is 10.8. The number of rotatable bonds is 3. The molecule has 1 saturated heterocycles. The van der Waals surface area contributed by atoms with Gasteiger partial charge in [0.25, 0.3) is 0 Å². The fourth-order valence-corrected chi connectivity index (χ4v) is 2.26. The van der Waals surface area contributed by atoms with E-state index in [0.717, 1.165) is 18.2 Å². The monoisotopic (exact) mass is 208 g/mol. The van der Waals surface area contributed by atoms with E-state index in [-0.39, 0.29) is 0 Å². The van der Waals surface area contributed by atoms with Gasteiger partial charge in [0.2, 0.25) is 0 Å². The first-order valence-corrected chi connectivity index (χ1v) is 5.67. The van der Waals surface area contributed by atoms with Crippen LogP contribution < -0.4 is 5.73 Å². The Bertz CT molecular complexity index is 318. The van der Waals surface area contributed by atoms with Crippen LogP contribution in [0.2, 0.25) is 0 Å². The normalized spacial score (nSPS) is 22.7. The molecule has 1 aliphatic heterocycles. The molecule has 0 bridgehead atoms. The number of anilines is 1. The third-order valence-electron chi connectivity index (χ3n) is 2.87. The lowest BCUT2D eigenvalue weighted by Gasteiger charge is -2.18. The van der Waals surface area contributed by atoms with E-state index in [1.54, 1.807) is 6.20 Å². The molecule has 0 aromatic carbocycles. The summed E-state index contributed by atoms with van der Waals surface area (Å²) in [6.07, 6.45) is 4.85. The van der Waals surface area contributed by atoms with E-state index in [1.807, 2.05) is 10.9 Å². The van der Waals surface area contributed by atoms with Gasteiger partial charge in [0.15, 0.2) is 0 Å². The molecule has 0 radical (unpaired) electrons. The van der Waals surface area contributed by atoms with Crippen LogP contribution in [0.25, 0.3) is 0 Å². The first kappa shape index (κ1) is 10.5. The lowest BCUT2D eigenvalue weighted by atomic mass is 10.2. The van der Waals surface area contributed by atoms with E-state index in [1.165, 1.54) is 19.5 Å². The number of hydrogen-bond donors (Lipinski definition) is 1. The number of nitrogens with two attached hydrogens (primary N) is 1. The molecule has 0 saturated carbocycles. The summed E-state index contributed by atoms with van der Waals surface area (Å²) in [5.41, 5.74) is 6.43. The predicted octanol–water partition coefficient (Wildman–Crippen LogP) is 1.37. The number of hydrogen-bond acceptors (Lipinski definition) is 3. The molecule has 1 aromatic heterocycles. The van der Waals surface area contributed by atoms with Gasteiger partial charge in [-0.25, -0.2) is 0 Å². The summed E-state index contributed by atoms with van der Waals surface area (Å²) >= 11 is 0. The fraction of sp³-hybridized carbons (Fsp3) is 0.727. The topological polar surface area (TPSA) is 47.1 Å². The maximum absolute atomic E-state index is 5.66. The number of nitrogens with zero attached hydrogens (tertiary/aromatic N) is 3. The van der Waals surface area contributed by atoms with Crippen molar-refractivity contribution in [2.75, 3.05) is 25.4 Å². The molecule has 0 spiro atoms. The molecule has 0 aliphatic carbocycles. The summed E-state index contributed by atoms with van der Waals surface area (Å²) in [6.45, 7) is 8.01. The van der Waals surface area contributed by atoms with Crippen molar-refractivity contribution < 1.29 is 0 Å². The van der Waals surface area contributed by atoms with E-state index < -0.39 is 0 Å². The first-order valence-electron chi connectivity index (χ1n) is 5.67. The van der Waals surface area contributed by atoms with Crippen LogP contribution >= 0.6 is 0 Å². The summed E-state index contributed by atoms with van der Waals surface area (Å²) in [5, 5.41) is 4.28. The van der Waals surface area contributed by atoms with Crippen LogP contribution in [-0.4, -0.2) is 34.3 Å². The van der Waals surface area contributed by atoms with Crippen LogP contribution in [0, 0.1) is 5.92 Å². The van der Waals surface area contributed by atoms with E-state index in [4.69, 9.17) is 5.73 Å². The summed E-state index contributed by atoms with van der Waals surface area (Å²) in [7, 11) is 0. The average molecular weight is 208 g/mol. The Balaban J connectivity index is 1.92. The van der Waals surface area contributed by atoms with Crippen molar-refractivity contribution >= 4 is 5.69 Å². The van der Waals surface area contributed by atoms with Crippen molar-refractivity contribution in [3.8, 4) is 0 Å². The van der Waals surface area contributed by atoms with Gasteiger partial charge < -0.3 is 10.6 Å². The van der Waals surface area contributed by atoms with Crippen molar-refractivity contribution in [2.45, 2.75) is 26.3 Å². The van der Waals surface area contributed by atoms with Crippen LogP contribution in [-0.2, 0) is 0 Å². The minimum atomic E-state index is 0.515. The largest absolute Gasteiger partial charge is 0.396 e. The molecular weight excluding hydrogens is 188 g/mol. The lowest BCUT2D eigenvalue weighted by molar-refractivity contribution is 0.284. The Morgan fingerprint density at radius 1 is 1.60 bits per heavy atom. The first-order chi connectivity index (χ1) is 7.15. The Morgan fingerprint density at radius 3 is 3.00 bits per heavy atom. The van der Waals surface area contributed by atoms with E-state index in [2.05, 4.69) is 23.8 Å². The molecule has 4 nitrogen and oxygen atoms in total. The van der Waals surface area contributed by atoms with Crippen LogP contribution in [0.3, 0.4) is 0 Å². The molecule has 4 heteroatoms. The molecule has 84 valence electrons. The highest BCUT2D eigenvalue weighted by molar-refractivity contribution is 5.30. The summed E-state index contributed by atoms with van der Waals surface area (Å²) in [6, 6.07) is 0.515. The van der Waals surface area contributed by atoms with Gasteiger partial charge in [0.1, 0.15) is 0 Å². The maximum atomic E-state index is 5.66. The molecule has 2 heterocycles. The quantitative estimate of drug-likeness (QED) is 0.816. The smallest absolute Gasteiger partial charge is 0.0719 e. The van der Waals surface area contributed by atoms with Crippen LogP contribution in [0.15, 0.2) is 12.4 Å². The second-order valence-corrected chi connectivity index (χ2v) is 4.85. The molecule has 1 atom stereocenters. The summed E-state index contributed by atoms with van der Waals surface area (Å²) < 4.78 is 2.01. The molecular formula is C11H20N4. The molecule has 2 N–H and O–H groups in total. The standard InChI is InChI=1S/C11H20N4/c1-9(2)6-14-4-3-11(8-14)15-7-10(12)5-13-15/h5,7,9,11H,3-4,6,8,12H2,1-2H3/t11-/m1/s1. The third kappa shape index (κ3) is 2.50. The molecule has 1 fully saturated rings. The molecule has 15 heavy (non-hydrogen) atoms. The molecule has 0 amide bonds. The van der Waals surface area contributed by atoms with Gasteiger partial charge in [-0.05, 0) is 12.3 Å². The molecule has 0 unspecified atom stereocenters. The summed E-state index contributed by atoms with van der Waals surface area (Å²) in [5.74, 6) is 0.742. The van der Waals surface area contributed by atoms with Crippen LogP contribution in [0.4, 0.5) is 5.69 Å². The molecule has 1 aliphatic rings. The highest BCUT2D eigenvalue weighted by Gasteiger charge is 2.24. The van der Waals surface area contributed by atoms with Crippen LogP contribution in [0.1, 0.15) is 26.3 Å². The van der Waals surface area contributed by atoms with Crippen molar-refractivity contribution in [1.82, 2.24) is 14.7 Å². The Morgan fingerprint density at radius 2 is 2.40 bits per heavy atom. The van der Waals surface area contributed by atoms with Crippen molar-refractivity contribution in [1.29, 1.82) is 0 Å². The van der Waals surface area contributed by atoms with Gasteiger partial charge >= 0.3 is 0 Å². The minimum Gasteiger partial charge on any atom is -0.396 e. The zero-order valence-corrected chi connectivity index (χ0v) is 9.56. The minimum absolute atomic E-state index is 0.515. The van der Waals surface area contributed by atoms with Gasteiger partial charge in [-0.1, -0.05) is 13.8 Å². The van der Waals surface area contributed by atoms with Gasteiger partial charge in [-0.2, -0.15) is 5.10 Å². The maximum Gasteiger partial charge on any atom is 0.0719 e. The fourth-order valence-electron chi connectivity index (χ4n) is 2.26. The van der Waals surface area contributed by atoms with Gasteiger partial charge in [0, 0.05) is 25.8 Å². The van der Waals surface area contributed by atoms with E-state index >= 15 is 0 Å². The second kappa shape index (κ2) is 4.23.